The maximum absolute atomic E-state index is 12.7. The van der Waals surface area contributed by atoms with Crippen molar-refractivity contribution in [1.82, 2.24) is 0 Å². The number of carbonyl (C=O) groups excluding carboxylic acids is 2. The third-order valence-corrected chi connectivity index (χ3v) is 6.51. The van der Waals surface area contributed by atoms with Crippen LogP contribution in [0.4, 0.5) is 0 Å². The zero-order valence-electron chi connectivity index (χ0n) is 22.3. The summed E-state index contributed by atoms with van der Waals surface area (Å²) in [6.45, 7) is 13.0. The third-order valence-electron chi connectivity index (χ3n) is 6.51. The monoisotopic (exact) mass is 458 g/mol. The van der Waals surface area contributed by atoms with Crippen LogP contribution in [0, 0.1) is 17.8 Å². The number of methoxy groups -OCH3 is 2. The Kier molecular flexibility index (Phi) is 13.1. The molecule has 1 aliphatic carbocycles. The van der Waals surface area contributed by atoms with Gasteiger partial charge in [0.25, 0.3) is 0 Å². The maximum Gasteiger partial charge on any atom is 0.228 e. The van der Waals surface area contributed by atoms with Crippen LogP contribution in [0.5, 0.6) is 0 Å². The number of allylic oxidation sites excluding steroid dienone is 6. The van der Waals surface area contributed by atoms with Gasteiger partial charge < -0.3 is 9.47 Å². The van der Waals surface area contributed by atoms with Gasteiger partial charge in [0.2, 0.25) is 23.1 Å². The Labute approximate surface area is 202 Å². The second-order valence-corrected chi connectivity index (χ2v) is 10.1. The highest BCUT2D eigenvalue weighted by Gasteiger charge is 2.34. The number of ketones is 2. The molecule has 0 aliphatic heterocycles. The molecule has 0 saturated heterocycles. The summed E-state index contributed by atoms with van der Waals surface area (Å²) in [4.78, 5) is 25.2. The van der Waals surface area contributed by atoms with Gasteiger partial charge in [-0.05, 0) is 44.4 Å². The Hall–Kier alpha value is -2.10. The first kappa shape index (κ1) is 28.9. The van der Waals surface area contributed by atoms with Crippen LogP contribution >= 0.6 is 0 Å². The molecule has 4 nitrogen and oxygen atoms in total. The van der Waals surface area contributed by atoms with Crippen molar-refractivity contribution in [2.75, 3.05) is 14.2 Å². The first-order valence-electron chi connectivity index (χ1n) is 12.6. The fraction of sp³-hybridized carbons (Fsp3) is 0.655. The molecule has 0 N–H and O–H groups in total. The molecule has 0 heterocycles. The molecule has 186 valence electrons. The lowest BCUT2D eigenvalue weighted by Crippen LogP contribution is -2.24. The van der Waals surface area contributed by atoms with Crippen molar-refractivity contribution in [3.05, 3.63) is 46.5 Å². The van der Waals surface area contributed by atoms with Gasteiger partial charge in [-0.15, -0.1) is 0 Å². The van der Waals surface area contributed by atoms with Crippen molar-refractivity contribution in [2.45, 2.75) is 92.9 Å². The molecule has 0 saturated carbocycles. The highest BCUT2D eigenvalue weighted by Crippen LogP contribution is 2.28. The molecule has 0 aromatic heterocycles. The van der Waals surface area contributed by atoms with Gasteiger partial charge in [-0.2, -0.15) is 0 Å². The van der Waals surface area contributed by atoms with Crippen molar-refractivity contribution < 1.29 is 19.1 Å². The van der Waals surface area contributed by atoms with Gasteiger partial charge >= 0.3 is 0 Å². The maximum atomic E-state index is 12.7. The van der Waals surface area contributed by atoms with Crippen molar-refractivity contribution in [3.8, 4) is 0 Å². The molecule has 33 heavy (non-hydrogen) atoms. The number of hydrogen-bond donors (Lipinski definition) is 0. The van der Waals surface area contributed by atoms with E-state index in [9.17, 15) is 9.59 Å². The second kappa shape index (κ2) is 14.9. The largest absolute Gasteiger partial charge is 0.489 e. The van der Waals surface area contributed by atoms with Gasteiger partial charge in [0, 0.05) is 11.1 Å². The summed E-state index contributed by atoms with van der Waals surface area (Å²) in [6, 6.07) is 0. The Morgan fingerprint density at radius 2 is 1.39 bits per heavy atom. The molecule has 0 aromatic carbocycles. The second-order valence-electron chi connectivity index (χ2n) is 10.1. The van der Waals surface area contributed by atoms with Crippen molar-refractivity contribution in [2.24, 2.45) is 17.8 Å². The Bertz CT molecular complexity index is 779. The van der Waals surface area contributed by atoms with Gasteiger partial charge in [0.1, 0.15) is 0 Å². The molecule has 1 aliphatic rings. The quantitative estimate of drug-likeness (QED) is 0.188. The van der Waals surface area contributed by atoms with E-state index in [-0.39, 0.29) is 23.1 Å². The van der Waals surface area contributed by atoms with Crippen molar-refractivity contribution >= 4 is 11.6 Å². The standard InChI is InChI=1S/C29H46O4/c1-20(2)12-9-13-21(3)14-10-15-22(4)16-11-17-23(5)18-19-25-24(6)26(30)28(32-7)29(33-8)27(25)31/h11,17-18,20-22H,9-10,12-16,19H2,1-8H3/b17-11+,23-18+. The average Bonchev–Trinajstić information content (AvgIpc) is 2.75. The first-order chi connectivity index (χ1) is 15.6. The van der Waals surface area contributed by atoms with Crippen LogP contribution in [0.2, 0.25) is 0 Å². The van der Waals surface area contributed by atoms with E-state index in [0.717, 1.165) is 23.8 Å². The van der Waals surface area contributed by atoms with Gasteiger partial charge in [-0.1, -0.05) is 90.0 Å². The molecule has 0 fully saturated rings. The molecule has 1 rings (SSSR count). The lowest BCUT2D eigenvalue weighted by Gasteiger charge is -2.19. The van der Waals surface area contributed by atoms with Crippen molar-refractivity contribution in [3.63, 3.8) is 0 Å². The van der Waals surface area contributed by atoms with E-state index in [1.807, 2.05) is 13.0 Å². The van der Waals surface area contributed by atoms with E-state index in [0.29, 0.717) is 23.5 Å². The van der Waals surface area contributed by atoms with E-state index in [1.54, 1.807) is 6.92 Å². The minimum Gasteiger partial charge on any atom is -0.489 e. The molecule has 0 amide bonds. The first-order valence-corrected chi connectivity index (χ1v) is 12.6. The van der Waals surface area contributed by atoms with Gasteiger partial charge in [0.05, 0.1) is 14.2 Å². The summed E-state index contributed by atoms with van der Waals surface area (Å²) in [5.74, 6) is 1.74. The smallest absolute Gasteiger partial charge is 0.228 e. The van der Waals surface area contributed by atoms with E-state index < -0.39 is 0 Å². The molecule has 0 aromatic rings. The summed E-state index contributed by atoms with van der Waals surface area (Å²) >= 11 is 0. The Morgan fingerprint density at radius 1 is 0.848 bits per heavy atom. The van der Waals surface area contributed by atoms with Crippen LogP contribution in [-0.4, -0.2) is 25.8 Å². The highest BCUT2D eigenvalue weighted by molar-refractivity contribution is 6.23. The third kappa shape index (κ3) is 9.73. The molecule has 2 atom stereocenters. The lowest BCUT2D eigenvalue weighted by atomic mass is 9.90. The Balaban J connectivity index is 2.48. The van der Waals surface area contributed by atoms with Crippen LogP contribution in [-0.2, 0) is 19.1 Å². The molecule has 2 unspecified atom stereocenters. The average molecular weight is 459 g/mol. The molecular weight excluding hydrogens is 412 g/mol. The van der Waals surface area contributed by atoms with Crippen LogP contribution in [0.1, 0.15) is 92.9 Å². The topological polar surface area (TPSA) is 52.6 Å². The Morgan fingerprint density at radius 3 is 1.97 bits per heavy atom. The molecule has 0 spiro atoms. The van der Waals surface area contributed by atoms with Crippen LogP contribution in [0.25, 0.3) is 0 Å². The van der Waals surface area contributed by atoms with Gasteiger partial charge in [-0.25, -0.2) is 0 Å². The molecule has 0 radical (unpaired) electrons. The summed E-state index contributed by atoms with van der Waals surface area (Å²) in [7, 11) is 2.76. The van der Waals surface area contributed by atoms with E-state index in [4.69, 9.17) is 9.47 Å². The molecule has 0 bridgehead atoms. The molecular formula is C29H46O4. The number of Topliss-reactive ketones (excluding diaryl/α,β-unsaturated/α-hetero) is 2. The van der Waals surface area contributed by atoms with E-state index in [2.05, 4.69) is 39.8 Å². The minimum absolute atomic E-state index is 0.00670. The van der Waals surface area contributed by atoms with E-state index in [1.165, 1.54) is 52.7 Å². The predicted octanol–water partition coefficient (Wildman–Crippen LogP) is 7.51. The minimum atomic E-state index is -0.284. The van der Waals surface area contributed by atoms with E-state index >= 15 is 0 Å². The van der Waals surface area contributed by atoms with Crippen LogP contribution in [0.3, 0.4) is 0 Å². The zero-order valence-corrected chi connectivity index (χ0v) is 22.3. The summed E-state index contributed by atoms with van der Waals surface area (Å²) in [6.07, 6.45) is 15.7. The number of rotatable bonds is 15. The van der Waals surface area contributed by atoms with Gasteiger partial charge in [0.15, 0.2) is 0 Å². The highest BCUT2D eigenvalue weighted by atomic mass is 16.5. The normalized spacial score (nSPS) is 17.4. The SMILES string of the molecule is COC1=C(OC)C(=O)C(C/C=C(C)/C=C/CC(C)CCCC(C)CCCC(C)C)=C(C)C1=O. The zero-order chi connectivity index (χ0) is 25.0. The molecule has 4 heteroatoms. The summed E-state index contributed by atoms with van der Waals surface area (Å²) in [5.41, 5.74) is 1.99. The fourth-order valence-corrected chi connectivity index (χ4v) is 4.21. The van der Waals surface area contributed by atoms with Crippen molar-refractivity contribution in [1.29, 1.82) is 0 Å². The van der Waals surface area contributed by atoms with Crippen LogP contribution in [0.15, 0.2) is 46.5 Å². The van der Waals surface area contributed by atoms with Gasteiger partial charge in [-0.3, -0.25) is 9.59 Å². The summed E-state index contributed by atoms with van der Waals surface area (Å²) < 4.78 is 10.2. The number of ether oxygens (including phenoxy) is 2. The number of hydrogen-bond acceptors (Lipinski definition) is 4. The fourth-order valence-electron chi connectivity index (χ4n) is 4.21. The lowest BCUT2D eigenvalue weighted by molar-refractivity contribution is -0.121. The van der Waals surface area contributed by atoms with Crippen LogP contribution < -0.4 is 0 Å². The predicted molar refractivity (Wildman–Crippen MR) is 137 cm³/mol. The number of carbonyl (C=O) groups is 2. The summed E-state index contributed by atoms with van der Waals surface area (Å²) in [5, 5.41) is 0.